The predicted molar refractivity (Wildman–Crippen MR) is 373 cm³/mol. The number of primary amides is 1. The molecule has 4 fully saturated rings. The Morgan fingerprint density at radius 2 is 0.754 bits per heavy atom. The molecule has 0 aromatic rings. The summed E-state index contributed by atoms with van der Waals surface area (Å²) >= 11 is 0. The largest absolute Gasteiger partial charge is 0.481 e. The zero-order valence-corrected chi connectivity index (χ0v) is 63.9. The van der Waals surface area contributed by atoms with Gasteiger partial charge < -0.3 is 66.7 Å². The summed E-state index contributed by atoms with van der Waals surface area (Å²) in [6.07, 6.45) is -3.06. The SMILES string of the molecule is CC(=O)C1C(=O)NC(=O)N(C)C1=O.CC(=O)OC(C)=O.CCOC(=O)CCCCC(=O)C1(CCCC(=O)OCC)C(=O)NC(=O)N(C)C1=O.CN1C(=O)NC(=O)C(CCCC(=O)O)(C(=O)CCCCC(=O)O)C1=O.CN1C(=O)NC(=O)C(CCCC(=O)O)(C(N)(CCCCC(=O)O)C(=O)O)C1=O.CNC(N)=O.O=C(O)CC(=O)O. The number of hydrogen-bond donors (Lipinski definition) is 14. The van der Waals surface area contributed by atoms with Crippen LogP contribution in [0.2, 0.25) is 0 Å². The van der Waals surface area contributed by atoms with Crippen molar-refractivity contribution < 1.29 is 179 Å². The fourth-order valence-electron chi connectivity index (χ4n) is 10.4. The monoisotopic (exact) mass is 1630 g/mol. The van der Waals surface area contributed by atoms with Crippen LogP contribution >= 0.6 is 0 Å². The van der Waals surface area contributed by atoms with E-state index in [-0.39, 0.29) is 128 Å². The summed E-state index contributed by atoms with van der Waals surface area (Å²) in [5.41, 5.74) is 1.49. The molecule has 0 aromatic carbocycles. The molecule has 0 bridgehead atoms. The number of ketones is 3. The minimum Gasteiger partial charge on any atom is -0.481 e. The van der Waals surface area contributed by atoms with Gasteiger partial charge in [-0.2, -0.15) is 0 Å². The smallest absolute Gasteiger partial charge is 0.330 e. The normalized spacial score (nSPS) is 18.5. The first kappa shape index (κ1) is 105. The number of carbonyl (C=O) groups is 27. The van der Waals surface area contributed by atoms with Crippen LogP contribution in [-0.4, -0.2) is 270 Å². The maximum Gasteiger partial charge on any atom is 0.330 e. The number of Topliss-reactive ketones (excluding diaryl/α,β-unsaturated/α-hetero) is 3. The number of aliphatic carboxylic acids is 7. The number of carboxylic acid groups (broad SMARTS) is 7. The third-order valence-electron chi connectivity index (χ3n) is 16.2. The number of imide groups is 8. The number of nitrogens with one attached hydrogen (secondary N) is 5. The van der Waals surface area contributed by atoms with Crippen molar-refractivity contribution in [2.75, 3.05) is 48.5 Å². The highest BCUT2D eigenvalue weighted by molar-refractivity contribution is 6.32. The van der Waals surface area contributed by atoms with Gasteiger partial charge in [-0.1, -0.05) is 6.42 Å². The standard InChI is InChI=1S/C19H28N2O8.C16H23N3O9.C15H20N2O8.C7H8N2O4.C4H6O3.C3H4O4.C2H6N2O/c1-4-28-14(23)10-7-6-9-13(22)19(12-8-11-15(24)29-5-2)16(25)20-18(27)21(3)17(19)26;1-19-12(25)15(7-4-6-10(22)23,11(24)18-14(19)28)16(17,13(26)27)8-3-2-5-9(20)21;1-17-13(24)15(8-4-7-11(21)22,12(23)16-14(17)25)9(18)5-2-3-6-10(19)20;1-3(10)4-5(11)8-7(13)9(2)6(4)12;1-3(5)7-4(2)6;4-2(5)1-3(6)7;1-4-2(3)5/h4-12H2,1-3H3,(H,20,25,27);2-8,17H2,1H3,(H,20,21)(H,22,23)(H,26,27)(H,18,24,28);2-8H2,1H3,(H,19,20)(H,21,22)(H,16,23,25);4H,1-2H3,(H,8,11,13);1-2H3;1H2,(H,4,5)(H,6,7);1H3,(H3,3,4,5). The Bertz CT molecular complexity index is 3660. The number of nitrogens with two attached hydrogens (primary N) is 2. The number of rotatable bonds is 36. The van der Waals surface area contributed by atoms with Crippen LogP contribution in [0.4, 0.5) is 24.0 Å². The Hall–Kier alpha value is -12.9. The lowest BCUT2D eigenvalue weighted by atomic mass is 9.62. The molecule has 4 aliphatic heterocycles. The van der Waals surface area contributed by atoms with Gasteiger partial charge in [0.25, 0.3) is 29.5 Å². The Morgan fingerprint density at radius 3 is 1.08 bits per heavy atom. The highest BCUT2D eigenvalue weighted by Gasteiger charge is 2.67. The molecular weight excluding hydrogens is 1540 g/mol. The summed E-state index contributed by atoms with van der Waals surface area (Å²) < 4.78 is 13.6. The van der Waals surface area contributed by atoms with E-state index in [4.69, 9.17) is 45.8 Å². The maximum atomic E-state index is 12.9. The van der Waals surface area contributed by atoms with Gasteiger partial charge in [0.05, 0.1) is 13.2 Å². The molecule has 4 rings (SSSR count). The Labute approximate surface area is 647 Å². The molecule has 0 radical (unpaired) electrons. The molecule has 5 unspecified atom stereocenters. The van der Waals surface area contributed by atoms with Gasteiger partial charge in [-0.15, -0.1) is 0 Å². The number of barbiturate groups is 4. The highest BCUT2D eigenvalue weighted by Crippen LogP contribution is 2.43. The summed E-state index contributed by atoms with van der Waals surface area (Å²) in [6, 6.07) is -4.21. The molecule has 16 N–H and O–H groups in total. The summed E-state index contributed by atoms with van der Waals surface area (Å²) in [5.74, 6) is -22.1. The van der Waals surface area contributed by atoms with Crippen molar-refractivity contribution in [1.29, 1.82) is 0 Å². The lowest BCUT2D eigenvalue weighted by molar-refractivity contribution is -0.169. The van der Waals surface area contributed by atoms with E-state index in [9.17, 15) is 135 Å². The van der Waals surface area contributed by atoms with Crippen LogP contribution in [-0.2, 0) is 120 Å². The van der Waals surface area contributed by atoms with E-state index in [1.165, 1.54) is 35.0 Å². The predicted octanol–water partition coefficient (Wildman–Crippen LogP) is -1.55. The molecular formula is C66H95N11O37. The number of esters is 4. The Kier molecular flexibility index (Phi) is 46.9. The molecule has 48 heteroatoms. The molecule has 636 valence electrons. The quantitative estimate of drug-likeness (QED) is 0.0146. The van der Waals surface area contributed by atoms with E-state index in [1.807, 2.05) is 21.3 Å². The molecule has 5 atom stereocenters. The van der Waals surface area contributed by atoms with Crippen molar-refractivity contribution in [1.82, 2.24) is 46.2 Å². The van der Waals surface area contributed by atoms with Gasteiger partial charge in [0.1, 0.15) is 12.0 Å². The van der Waals surface area contributed by atoms with E-state index in [0.29, 0.717) is 26.0 Å². The van der Waals surface area contributed by atoms with Crippen LogP contribution in [0, 0.1) is 22.2 Å². The van der Waals surface area contributed by atoms with Crippen LogP contribution in [0.25, 0.3) is 0 Å². The molecule has 4 heterocycles. The zero-order valence-electron chi connectivity index (χ0n) is 63.9. The molecule has 0 aromatic heterocycles. The average Bonchev–Trinajstić information content (AvgIpc) is 0.721. The van der Waals surface area contributed by atoms with E-state index < -0.39 is 208 Å². The molecule has 114 heavy (non-hydrogen) atoms. The summed E-state index contributed by atoms with van der Waals surface area (Å²) in [4.78, 5) is 308. The second-order valence-electron chi connectivity index (χ2n) is 24.5. The first-order valence-corrected chi connectivity index (χ1v) is 34.1. The van der Waals surface area contributed by atoms with Gasteiger partial charge in [-0.3, -0.25) is 146 Å². The zero-order chi connectivity index (χ0) is 89.1. The molecule has 0 spiro atoms. The molecule has 4 aliphatic rings. The molecule has 0 saturated carbocycles. The molecule has 48 nitrogen and oxygen atoms in total. The Morgan fingerprint density at radius 1 is 0.439 bits per heavy atom. The van der Waals surface area contributed by atoms with Crippen LogP contribution in [0.3, 0.4) is 0 Å². The lowest BCUT2D eigenvalue weighted by Crippen LogP contribution is -2.75. The molecule has 4 saturated heterocycles. The van der Waals surface area contributed by atoms with Crippen molar-refractivity contribution in [2.24, 2.45) is 33.6 Å². The van der Waals surface area contributed by atoms with Crippen LogP contribution < -0.4 is 38.1 Å². The Balaban J connectivity index is -0.00000136. The number of carbonyl (C=O) groups excluding carboxylic acids is 20. The van der Waals surface area contributed by atoms with Crippen molar-refractivity contribution >= 4 is 160 Å². The lowest BCUT2D eigenvalue weighted by Gasteiger charge is -2.46. The van der Waals surface area contributed by atoms with Crippen LogP contribution in [0.5, 0.6) is 0 Å². The number of hydrogen-bond acceptors (Lipinski definition) is 31. The van der Waals surface area contributed by atoms with Crippen molar-refractivity contribution in [3.63, 3.8) is 0 Å². The van der Waals surface area contributed by atoms with Gasteiger partial charge in [-0.25, -0.2) is 24.0 Å². The minimum absolute atomic E-state index is 0.0198. The second kappa shape index (κ2) is 50.8. The fraction of sp³-hybridized carbons (Fsp3) is 0.591. The topological polar surface area (TPSA) is 755 Å². The number of carboxylic acids is 7. The van der Waals surface area contributed by atoms with E-state index in [1.54, 1.807) is 13.8 Å². The summed E-state index contributed by atoms with van der Waals surface area (Å²) in [6.45, 7) is 7.29. The second-order valence-corrected chi connectivity index (χ2v) is 24.5. The van der Waals surface area contributed by atoms with Crippen molar-refractivity contribution in [3.05, 3.63) is 0 Å². The number of unbranched alkanes of at least 4 members (excludes halogenated alkanes) is 3. The van der Waals surface area contributed by atoms with Gasteiger partial charge >= 0.3 is 95.8 Å². The number of amides is 18. The van der Waals surface area contributed by atoms with Crippen molar-refractivity contribution in [2.45, 2.75) is 181 Å². The average molecular weight is 1630 g/mol. The van der Waals surface area contributed by atoms with Gasteiger partial charge in [-0.05, 0) is 97.8 Å². The van der Waals surface area contributed by atoms with E-state index >= 15 is 0 Å². The van der Waals surface area contributed by atoms with Gasteiger partial charge in [0, 0.05) is 100 Å². The highest BCUT2D eigenvalue weighted by atomic mass is 16.6. The summed E-state index contributed by atoms with van der Waals surface area (Å²) in [5, 5.41) is 70.0. The third-order valence-corrected chi connectivity index (χ3v) is 16.2. The number of ether oxygens (including phenoxy) is 3. The van der Waals surface area contributed by atoms with Gasteiger partial charge in [0.15, 0.2) is 39.5 Å². The molecule has 0 aliphatic carbocycles. The summed E-state index contributed by atoms with van der Waals surface area (Å²) in [7, 11) is 6.02. The maximum absolute atomic E-state index is 12.9. The van der Waals surface area contributed by atoms with Crippen LogP contribution in [0.15, 0.2) is 0 Å². The van der Waals surface area contributed by atoms with Crippen molar-refractivity contribution in [3.8, 4) is 0 Å². The van der Waals surface area contributed by atoms with Crippen LogP contribution in [0.1, 0.15) is 176 Å². The number of nitrogens with zero attached hydrogens (tertiary/aromatic N) is 4. The minimum atomic E-state index is -2.47. The first-order chi connectivity index (χ1) is 52.7. The molecule has 18 amide bonds. The fourth-order valence-corrected chi connectivity index (χ4v) is 10.4. The van der Waals surface area contributed by atoms with E-state index in [2.05, 4.69) is 15.8 Å². The first-order valence-electron chi connectivity index (χ1n) is 34.1. The van der Waals surface area contributed by atoms with E-state index in [0.717, 1.165) is 21.0 Å². The third kappa shape index (κ3) is 33.3. The van der Waals surface area contributed by atoms with Gasteiger partial charge in [0.2, 0.25) is 17.7 Å². The number of urea groups is 5.